The second kappa shape index (κ2) is 12.2. The fourth-order valence-corrected chi connectivity index (χ4v) is 4.81. The van der Waals surface area contributed by atoms with E-state index in [0.29, 0.717) is 32.2 Å². The number of carboxylic acid groups (broad SMARTS) is 1. The summed E-state index contributed by atoms with van der Waals surface area (Å²) in [5.41, 5.74) is 8.10. The lowest BCUT2D eigenvalue weighted by molar-refractivity contribution is -0.150. The highest BCUT2D eigenvalue weighted by molar-refractivity contribution is 5.95. The summed E-state index contributed by atoms with van der Waals surface area (Å²) < 4.78 is 0. The predicted octanol–water partition coefficient (Wildman–Crippen LogP) is 1.79. The van der Waals surface area contributed by atoms with E-state index in [4.69, 9.17) is 5.73 Å². The molecule has 1 aromatic heterocycles. The number of carbonyl (C=O) groups excluding carboxylic acids is 3. The Morgan fingerprint density at radius 2 is 1.78 bits per heavy atom. The van der Waals surface area contributed by atoms with Crippen molar-refractivity contribution in [3.05, 3.63) is 36.0 Å². The van der Waals surface area contributed by atoms with Crippen molar-refractivity contribution in [2.75, 3.05) is 6.54 Å². The smallest absolute Gasteiger partial charge is 0.326 e. The average molecular weight is 514 g/mol. The van der Waals surface area contributed by atoms with Crippen molar-refractivity contribution in [2.24, 2.45) is 17.6 Å². The Balaban J connectivity index is 1.71. The summed E-state index contributed by atoms with van der Waals surface area (Å²) in [5, 5.41) is 16.1. The molecule has 1 aliphatic rings. The molecule has 1 aliphatic heterocycles. The molecule has 1 saturated heterocycles. The Morgan fingerprint density at radius 1 is 1.11 bits per heavy atom. The lowest BCUT2D eigenvalue weighted by atomic mass is 9.95. The quantitative estimate of drug-likeness (QED) is 0.308. The SMILES string of the molecule is CCC(C)C(NC(=O)C(N)Cc1c[nH]c2ccccc12)C(=O)NC(C(=O)N1CCCC1C(=O)O)C(C)C. The van der Waals surface area contributed by atoms with Gasteiger partial charge in [0.05, 0.1) is 6.04 Å². The molecular formula is C27H39N5O5. The van der Waals surface area contributed by atoms with Crippen LogP contribution in [0.25, 0.3) is 10.9 Å². The van der Waals surface area contributed by atoms with Gasteiger partial charge in [-0.1, -0.05) is 52.3 Å². The van der Waals surface area contributed by atoms with E-state index in [9.17, 15) is 24.3 Å². The number of carbonyl (C=O) groups is 4. The number of rotatable bonds is 11. The maximum Gasteiger partial charge on any atom is 0.326 e. The summed E-state index contributed by atoms with van der Waals surface area (Å²) in [6.45, 7) is 7.69. The van der Waals surface area contributed by atoms with Gasteiger partial charge in [-0.25, -0.2) is 4.79 Å². The van der Waals surface area contributed by atoms with Gasteiger partial charge in [-0.05, 0) is 42.7 Å². The number of fused-ring (bicyclic) bond motifs is 1. The van der Waals surface area contributed by atoms with Gasteiger partial charge < -0.3 is 31.4 Å². The van der Waals surface area contributed by atoms with E-state index >= 15 is 0 Å². The molecule has 2 aromatic rings. The Hall–Kier alpha value is -3.40. The third-order valence-corrected chi connectivity index (χ3v) is 7.30. The summed E-state index contributed by atoms with van der Waals surface area (Å²) in [5.74, 6) is -2.90. The maximum absolute atomic E-state index is 13.4. The van der Waals surface area contributed by atoms with E-state index in [0.717, 1.165) is 16.5 Å². The molecule has 5 unspecified atom stereocenters. The first-order valence-electron chi connectivity index (χ1n) is 13.0. The normalized spacial score (nSPS) is 18.9. The number of benzene rings is 1. The first-order valence-corrected chi connectivity index (χ1v) is 13.0. The highest BCUT2D eigenvalue weighted by atomic mass is 16.4. The van der Waals surface area contributed by atoms with Crippen molar-refractivity contribution in [3.63, 3.8) is 0 Å². The third kappa shape index (κ3) is 6.49. The molecular weight excluding hydrogens is 474 g/mol. The van der Waals surface area contributed by atoms with Crippen molar-refractivity contribution >= 4 is 34.6 Å². The van der Waals surface area contributed by atoms with Crippen molar-refractivity contribution in [2.45, 2.75) is 77.5 Å². The van der Waals surface area contributed by atoms with Gasteiger partial charge in [-0.3, -0.25) is 14.4 Å². The van der Waals surface area contributed by atoms with Crippen LogP contribution < -0.4 is 16.4 Å². The fourth-order valence-electron chi connectivity index (χ4n) is 4.81. The van der Waals surface area contributed by atoms with Crippen LogP contribution in [-0.2, 0) is 25.6 Å². The molecule has 0 aliphatic carbocycles. The number of hydrogen-bond acceptors (Lipinski definition) is 5. The third-order valence-electron chi connectivity index (χ3n) is 7.30. The molecule has 0 radical (unpaired) electrons. The number of likely N-dealkylation sites (tertiary alicyclic amines) is 1. The van der Waals surface area contributed by atoms with Crippen molar-refractivity contribution in [1.29, 1.82) is 0 Å². The number of carboxylic acids is 1. The first kappa shape index (κ1) is 28.2. The number of H-pyrrole nitrogens is 1. The molecule has 3 rings (SSSR count). The van der Waals surface area contributed by atoms with Crippen molar-refractivity contribution in [3.8, 4) is 0 Å². The number of nitrogens with two attached hydrogens (primary N) is 1. The van der Waals surface area contributed by atoms with Crippen LogP contribution in [-0.4, -0.2) is 69.4 Å². The average Bonchev–Trinajstić information content (AvgIpc) is 3.52. The largest absolute Gasteiger partial charge is 0.480 e. The Morgan fingerprint density at radius 3 is 2.43 bits per heavy atom. The van der Waals surface area contributed by atoms with Gasteiger partial charge >= 0.3 is 5.97 Å². The van der Waals surface area contributed by atoms with Crippen molar-refractivity contribution in [1.82, 2.24) is 20.5 Å². The second-order valence-corrected chi connectivity index (χ2v) is 10.3. The van der Waals surface area contributed by atoms with Gasteiger partial charge in [-0.2, -0.15) is 0 Å². The molecule has 10 nitrogen and oxygen atoms in total. The van der Waals surface area contributed by atoms with Crippen LogP contribution in [0.15, 0.2) is 30.5 Å². The number of aromatic nitrogens is 1. The minimum absolute atomic E-state index is 0.217. The number of nitrogens with zero attached hydrogens (tertiary/aromatic N) is 1. The monoisotopic (exact) mass is 513 g/mol. The zero-order valence-electron chi connectivity index (χ0n) is 22.0. The minimum atomic E-state index is -1.05. The van der Waals surface area contributed by atoms with E-state index in [1.807, 2.05) is 44.3 Å². The van der Waals surface area contributed by atoms with Gasteiger partial charge in [0.1, 0.15) is 18.1 Å². The molecule has 37 heavy (non-hydrogen) atoms. The van der Waals surface area contributed by atoms with Crippen LogP contribution in [0.3, 0.4) is 0 Å². The van der Waals surface area contributed by atoms with Crippen LogP contribution in [0.1, 0.15) is 52.5 Å². The maximum atomic E-state index is 13.4. The molecule has 0 bridgehead atoms. The lowest BCUT2D eigenvalue weighted by Crippen LogP contribution is -2.60. The molecule has 1 aromatic carbocycles. The van der Waals surface area contributed by atoms with E-state index in [1.54, 1.807) is 13.8 Å². The molecule has 3 amide bonds. The molecule has 2 heterocycles. The first-order chi connectivity index (χ1) is 17.5. The molecule has 0 saturated carbocycles. The van der Waals surface area contributed by atoms with Crippen LogP contribution in [0.2, 0.25) is 0 Å². The van der Waals surface area contributed by atoms with Crippen LogP contribution in [0.5, 0.6) is 0 Å². The topological polar surface area (TPSA) is 158 Å². The van der Waals surface area contributed by atoms with Gasteiger partial charge in [0.2, 0.25) is 17.7 Å². The highest BCUT2D eigenvalue weighted by Crippen LogP contribution is 2.21. The Kier molecular flexibility index (Phi) is 9.31. The summed E-state index contributed by atoms with van der Waals surface area (Å²) >= 11 is 0. The fraction of sp³-hybridized carbons (Fsp3) is 0.556. The lowest BCUT2D eigenvalue weighted by Gasteiger charge is -2.32. The highest BCUT2D eigenvalue weighted by Gasteiger charge is 2.40. The predicted molar refractivity (Wildman–Crippen MR) is 141 cm³/mol. The number of aliphatic carboxylic acids is 1. The number of aromatic amines is 1. The van der Waals surface area contributed by atoms with Crippen LogP contribution in [0, 0.1) is 11.8 Å². The standard InChI is InChI=1S/C27H39N5O5/c1-5-16(4)23(31-24(33)19(28)13-17-14-29-20-10-7-6-9-18(17)20)25(34)30-22(15(2)3)26(35)32-12-8-11-21(32)27(36)37/h6-7,9-10,14-16,19,21-23,29H,5,8,11-13,28H2,1-4H3,(H,30,34)(H,31,33)(H,36,37). The minimum Gasteiger partial charge on any atom is -0.480 e. The zero-order valence-corrected chi connectivity index (χ0v) is 22.0. The van der Waals surface area contributed by atoms with E-state index < -0.39 is 47.9 Å². The van der Waals surface area contributed by atoms with Gasteiger partial charge in [0.25, 0.3) is 0 Å². The van der Waals surface area contributed by atoms with Gasteiger partial charge in [0, 0.05) is 23.6 Å². The molecule has 6 N–H and O–H groups in total. The van der Waals surface area contributed by atoms with E-state index in [-0.39, 0.29) is 11.8 Å². The van der Waals surface area contributed by atoms with Gasteiger partial charge in [0.15, 0.2) is 0 Å². The number of para-hydroxylation sites is 1. The second-order valence-electron chi connectivity index (χ2n) is 10.3. The van der Waals surface area contributed by atoms with E-state index in [2.05, 4.69) is 15.6 Å². The Bertz CT molecular complexity index is 1130. The summed E-state index contributed by atoms with van der Waals surface area (Å²) in [6, 6.07) is 4.18. The molecule has 202 valence electrons. The molecule has 0 spiro atoms. The van der Waals surface area contributed by atoms with Crippen LogP contribution >= 0.6 is 0 Å². The molecule has 10 heteroatoms. The molecule has 1 fully saturated rings. The summed E-state index contributed by atoms with van der Waals surface area (Å²) in [7, 11) is 0. The molecule has 5 atom stereocenters. The van der Waals surface area contributed by atoms with Gasteiger partial charge in [-0.15, -0.1) is 0 Å². The van der Waals surface area contributed by atoms with E-state index in [1.165, 1.54) is 4.90 Å². The van der Waals surface area contributed by atoms with Crippen molar-refractivity contribution < 1.29 is 24.3 Å². The number of amides is 3. The zero-order chi connectivity index (χ0) is 27.3. The number of hydrogen-bond donors (Lipinski definition) is 5. The van der Waals surface area contributed by atoms with Crippen LogP contribution in [0.4, 0.5) is 0 Å². The Labute approximate surface area is 217 Å². The summed E-state index contributed by atoms with van der Waals surface area (Å²) in [4.78, 5) is 55.8. The number of nitrogens with one attached hydrogen (secondary N) is 3. The summed E-state index contributed by atoms with van der Waals surface area (Å²) in [6.07, 6.45) is 3.73.